The van der Waals surface area contributed by atoms with Gasteiger partial charge in [0.25, 0.3) is 0 Å². The molecule has 0 amide bonds. The van der Waals surface area contributed by atoms with Gasteiger partial charge in [0.1, 0.15) is 0 Å². The fraction of sp³-hybridized carbons (Fsp3) is 1.00. The Labute approximate surface area is 95.4 Å². The Hall–Kier alpha value is -0.0800. The van der Waals surface area contributed by atoms with Crippen LogP contribution < -0.4 is 5.32 Å². The topological polar surface area (TPSA) is 15.3 Å². The number of nitrogens with zero attached hydrogens (tertiary/aromatic N) is 1. The number of nitrogens with one attached hydrogen (secondary N) is 1. The molecule has 0 aromatic rings. The summed E-state index contributed by atoms with van der Waals surface area (Å²) in [6.07, 6.45) is 5.55. The lowest BCUT2D eigenvalue weighted by molar-refractivity contribution is 0.0936. The zero-order valence-corrected chi connectivity index (χ0v) is 11.0. The van der Waals surface area contributed by atoms with Crippen molar-refractivity contribution in [2.45, 2.75) is 52.5 Å². The van der Waals surface area contributed by atoms with Gasteiger partial charge in [-0.2, -0.15) is 0 Å². The van der Waals surface area contributed by atoms with E-state index in [9.17, 15) is 0 Å². The van der Waals surface area contributed by atoms with Gasteiger partial charge < -0.3 is 5.32 Å². The lowest BCUT2D eigenvalue weighted by atomic mass is 9.89. The zero-order valence-electron chi connectivity index (χ0n) is 11.0. The van der Waals surface area contributed by atoms with Crippen molar-refractivity contribution in [3.63, 3.8) is 0 Å². The number of rotatable bonds is 5. The quantitative estimate of drug-likeness (QED) is 0.753. The van der Waals surface area contributed by atoms with Gasteiger partial charge in [-0.15, -0.1) is 0 Å². The van der Waals surface area contributed by atoms with Crippen LogP contribution in [0.15, 0.2) is 0 Å². The molecule has 2 heteroatoms. The van der Waals surface area contributed by atoms with Crippen molar-refractivity contribution in [1.29, 1.82) is 0 Å². The van der Waals surface area contributed by atoms with Crippen LogP contribution in [-0.4, -0.2) is 37.6 Å². The normalized spacial score (nSPS) is 24.4. The summed E-state index contributed by atoms with van der Waals surface area (Å²) >= 11 is 0. The Kier molecular flexibility index (Phi) is 5.07. The van der Waals surface area contributed by atoms with E-state index < -0.39 is 0 Å². The highest BCUT2D eigenvalue weighted by molar-refractivity contribution is 4.82. The van der Waals surface area contributed by atoms with E-state index >= 15 is 0 Å². The molecule has 0 saturated carbocycles. The van der Waals surface area contributed by atoms with Crippen LogP contribution in [0.25, 0.3) is 0 Å². The molecule has 1 aliphatic rings. The highest BCUT2D eigenvalue weighted by Gasteiger charge is 2.27. The second-order valence-corrected chi connectivity index (χ2v) is 5.72. The molecule has 1 atom stereocenters. The molecule has 0 spiro atoms. The van der Waals surface area contributed by atoms with Gasteiger partial charge in [-0.1, -0.05) is 27.2 Å². The molecule has 15 heavy (non-hydrogen) atoms. The maximum absolute atomic E-state index is 3.30. The van der Waals surface area contributed by atoms with Crippen molar-refractivity contribution in [1.82, 2.24) is 10.2 Å². The van der Waals surface area contributed by atoms with Crippen molar-refractivity contribution in [3.05, 3.63) is 0 Å². The molecule has 0 aliphatic carbocycles. The predicted molar refractivity (Wildman–Crippen MR) is 67.2 cm³/mol. The summed E-state index contributed by atoms with van der Waals surface area (Å²) in [7, 11) is 2.05. The third-order valence-corrected chi connectivity index (χ3v) is 3.51. The Morgan fingerprint density at radius 3 is 2.67 bits per heavy atom. The number of hydrogen-bond donors (Lipinski definition) is 1. The summed E-state index contributed by atoms with van der Waals surface area (Å²) in [5.41, 5.74) is 0.402. The molecule has 1 heterocycles. The number of likely N-dealkylation sites (tertiary alicyclic amines) is 1. The second kappa shape index (κ2) is 5.86. The first kappa shape index (κ1) is 13.0. The van der Waals surface area contributed by atoms with Crippen LogP contribution in [0.2, 0.25) is 0 Å². The first-order valence-corrected chi connectivity index (χ1v) is 6.47. The van der Waals surface area contributed by atoms with Crippen LogP contribution >= 0.6 is 0 Å². The van der Waals surface area contributed by atoms with Crippen molar-refractivity contribution < 1.29 is 0 Å². The summed E-state index contributed by atoms with van der Waals surface area (Å²) in [5.74, 6) is 0. The van der Waals surface area contributed by atoms with Gasteiger partial charge in [-0.25, -0.2) is 0 Å². The highest BCUT2D eigenvalue weighted by atomic mass is 15.2. The molecule has 0 bridgehead atoms. The Morgan fingerprint density at radius 2 is 2.07 bits per heavy atom. The molecule has 2 nitrogen and oxygen atoms in total. The minimum Gasteiger partial charge on any atom is -0.319 e. The standard InChI is InChI=1S/C13H28N2/c1-5-12-8-6-7-9-15(12)11-13(2,3)10-14-4/h12,14H,5-11H2,1-4H3. The van der Waals surface area contributed by atoms with E-state index in [2.05, 4.69) is 38.0 Å². The van der Waals surface area contributed by atoms with Crippen LogP contribution in [0.5, 0.6) is 0 Å². The smallest absolute Gasteiger partial charge is 0.00928 e. The van der Waals surface area contributed by atoms with Gasteiger partial charge in [0.05, 0.1) is 0 Å². The van der Waals surface area contributed by atoms with Gasteiger partial charge in [-0.05, 0) is 38.3 Å². The van der Waals surface area contributed by atoms with E-state index in [1.165, 1.54) is 38.8 Å². The van der Waals surface area contributed by atoms with E-state index in [-0.39, 0.29) is 0 Å². The zero-order chi connectivity index (χ0) is 11.3. The monoisotopic (exact) mass is 212 g/mol. The Bertz CT molecular complexity index is 177. The lowest BCUT2D eigenvalue weighted by Crippen LogP contribution is -2.46. The molecule has 1 unspecified atom stereocenters. The van der Waals surface area contributed by atoms with Crippen molar-refractivity contribution in [3.8, 4) is 0 Å². The lowest BCUT2D eigenvalue weighted by Gasteiger charge is -2.40. The van der Waals surface area contributed by atoms with Gasteiger partial charge in [0.15, 0.2) is 0 Å². The Balaban J connectivity index is 2.46. The fourth-order valence-electron chi connectivity index (χ4n) is 2.81. The predicted octanol–water partition coefficient (Wildman–Crippen LogP) is 2.50. The molecule has 1 N–H and O–H groups in total. The van der Waals surface area contributed by atoms with E-state index in [1.54, 1.807) is 0 Å². The van der Waals surface area contributed by atoms with Crippen molar-refractivity contribution in [2.75, 3.05) is 26.7 Å². The molecule has 0 aromatic carbocycles. The second-order valence-electron chi connectivity index (χ2n) is 5.72. The third kappa shape index (κ3) is 4.12. The maximum atomic E-state index is 3.30. The molecule has 90 valence electrons. The summed E-state index contributed by atoms with van der Waals surface area (Å²) in [6.45, 7) is 10.7. The molecule has 1 saturated heterocycles. The highest BCUT2D eigenvalue weighted by Crippen LogP contribution is 2.24. The van der Waals surface area contributed by atoms with Gasteiger partial charge in [0, 0.05) is 19.1 Å². The van der Waals surface area contributed by atoms with Crippen LogP contribution in [0, 0.1) is 5.41 Å². The van der Waals surface area contributed by atoms with Crippen molar-refractivity contribution in [2.24, 2.45) is 5.41 Å². The minimum absolute atomic E-state index is 0.402. The molecular weight excluding hydrogens is 184 g/mol. The van der Waals surface area contributed by atoms with E-state index in [4.69, 9.17) is 0 Å². The Morgan fingerprint density at radius 1 is 1.33 bits per heavy atom. The van der Waals surface area contributed by atoms with Crippen LogP contribution in [0.1, 0.15) is 46.5 Å². The summed E-state index contributed by atoms with van der Waals surface area (Å²) < 4.78 is 0. The molecule has 1 fully saturated rings. The first-order chi connectivity index (χ1) is 7.09. The first-order valence-electron chi connectivity index (χ1n) is 6.47. The summed E-state index contributed by atoms with van der Waals surface area (Å²) in [4.78, 5) is 2.71. The van der Waals surface area contributed by atoms with Gasteiger partial charge in [-0.3, -0.25) is 4.90 Å². The summed E-state index contributed by atoms with van der Waals surface area (Å²) in [6, 6.07) is 0.842. The number of hydrogen-bond acceptors (Lipinski definition) is 2. The van der Waals surface area contributed by atoms with Crippen LogP contribution in [0.4, 0.5) is 0 Å². The average Bonchev–Trinajstić information content (AvgIpc) is 2.17. The maximum Gasteiger partial charge on any atom is 0.00928 e. The molecule has 0 radical (unpaired) electrons. The van der Waals surface area contributed by atoms with E-state index in [1.807, 2.05) is 0 Å². The molecule has 1 rings (SSSR count). The number of piperidine rings is 1. The minimum atomic E-state index is 0.402. The molecular formula is C13H28N2. The van der Waals surface area contributed by atoms with E-state index in [0.29, 0.717) is 5.41 Å². The van der Waals surface area contributed by atoms with Crippen LogP contribution in [-0.2, 0) is 0 Å². The van der Waals surface area contributed by atoms with Crippen molar-refractivity contribution >= 4 is 0 Å². The SMILES string of the molecule is CCC1CCCCN1CC(C)(C)CNC. The van der Waals surface area contributed by atoms with Crippen LogP contribution in [0.3, 0.4) is 0 Å². The fourth-order valence-corrected chi connectivity index (χ4v) is 2.81. The average molecular weight is 212 g/mol. The molecule has 0 aromatic heterocycles. The van der Waals surface area contributed by atoms with E-state index in [0.717, 1.165) is 12.6 Å². The van der Waals surface area contributed by atoms with Gasteiger partial charge in [0.2, 0.25) is 0 Å². The van der Waals surface area contributed by atoms with Gasteiger partial charge >= 0.3 is 0 Å². The molecule has 1 aliphatic heterocycles. The largest absolute Gasteiger partial charge is 0.319 e. The third-order valence-electron chi connectivity index (χ3n) is 3.51. The summed E-state index contributed by atoms with van der Waals surface area (Å²) in [5, 5.41) is 3.30.